The molecule has 0 spiro atoms. The minimum Gasteiger partial charge on any atom is -0.469 e. The highest BCUT2D eigenvalue weighted by atomic mass is 35.7. The number of halogens is 1. The summed E-state index contributed by atoms with van der Waals surface area (Å²) in [4.78, 5) is 11.6. The molecule has 0 heterocycles. The van der Waals surface area contributed by atoms with E-state index in [0.717, 1.165) is 32.1 Å². The van der Waals surface area contributed by atoms with Crippen molar-refractivity contribution >= 4 is 26.7 Å². The minimum absolute atomic E-state index is 0.223. The summed E-state index contributed by atoms with van der Waals surface area (Å²) in [7, 11) is 5.38. The number of ether oxygens (including phenoxy) is 1. The highest BCUT2D eigenvalue weighted by Gasteiger charge is 2.41. The monoisotopic (exact) mass is 238 g/mol. The topological polar surface area (TPSA) is 43.4 Å². The van der Waals surface area contributed by atoms with Crippen LogP contribution in [0.15, 0.2) is 0 Å². The average molecular weight is 239 g/mol. The van der Waals surface area contributed by atoms with Crippen LogP contribution in [-0.4, -0.2) is 23.0 Å². The second-order valence-corrected chi connectivity index (χ2v) is 5.67. The standard InChI is InChI=1S/C9H15ClO3S/c1-13-8(11)9(7-14(10)12)5-3-2-4-6-9/h2-7H2,1H3. The first-order valence-electron chi connectivity index (χ1n) is 4.74. The van der Waals surface area contributed by atoms with Crippen LogP contribution in [0.5, 0.6) is 0 Å². The Bertz CT molecular complexity index is 236. The molecule has 1 fully saturated rings. The molecule has 1 rings (SSSR count). The lowest BCUT2D eigenvalue weighted by Gasteiger charge is -2.33. The molecule has 1 aliphatic rings. The molecule has 82 valence electrons. The van der Waals surface area contributed by atoms with Gasteiger partial charge in [0.25, 0.3) is 0 Å². The average Bonchev–Trinajstić information content (AvgIpc) is 2.17. The van der Waals surface area contributed by atoms with Crippen molar-refractivity contribution in [1.82, 2.24) is 0 Å². The molecule has 3 nitrogen and oxygen atoms in total. The molecule has 5 heteroatoms. The Balaban J connectivity index is 2.76. The maximum absolute atomic E-state index is 11.6. The van der Waals surface area contributed by atoms with Gasteiger partial charge in [0.15, 0.2) is 0 Å². The third kappa shape index (κ3) is 2.70. The van der Waals surface area contributed by atoms with Gasteiger partial charge in [0.1, 0.15) is 10.0 Å². The summed E-state index contributed by atoms with van der Waals surface area (Å²) >= 11 is 0. The van der Waals surface area contributed by atoms with Gasteiger partial charge < -0.3 is 4.74 Å². The van der Waals surface area contributed by atoms with Crippen LogP contribution in [0.4, 0.5) is 0 Å². The van der Waals surface area contributed by atoms with Crippen LogP contribution >= 0.6 is 10.7 Å². The van der Waals surface area contributed by atoms with Crippen molar-refractivity contribution in [1.29, 1.82) is 0 Å². The Hall–Kier alpha value is -0.0900. The van der Waals surface area contributed by atoms with E-state index in [2.05, 4.69) is 0 Å². The first-order chi connectivity index (χ1) is 6.60. The largest absolute Gasteiger partial charge is 0.469 e. The Kier molecular flexibility index (Phi) is 4.38. The molecule has 0 saturated heterocycles. The third-order valence-corrected chi connectivity index (χ3v) is 3.93. The van der Waals surface area contributed by atoms with Gasteiger partial charge in [0.05, 0.1) is 18.3 Å². The molecular formula is C9H15ClO3S. The lowest BCUT2D eigenvalue weighted by Crippen LogP contribution is -2.38. The summed E-state index contributed by atoms with van der Waals surface area (Å²) in [6.07, 6.45) is 4.61. The number of rotatable bonds is 3. The molecular weight excluding hydrogens is 224 g/mol. The van der Waals surface area contributed by atoms with Gasteiger partial charge in [0.2, 0.25) is 0 Å². The van der Waals surface area contributed by atoms with Crippen LogP contribution in [0.3, 0.4) is 0 Å². The van der Waals surface area contributed by atoms with E-state index in [1.165, 1.54) is 7.11 Å². The molecule has 0 N–H and O–H groups in total. The number of hydrogen-bond acceptors (Lipinski definition) is 3. The van der Waals surface area contributed by atoms with E-state index in [1.54, 1.807) is 0 Å². The van der Waals surface area contributed by atoms with Gasteiger partial charge >= 0.3 is 5.97 Å². The van der Waals surface area contributed by atoms with Gasteiger partial charge in [-0.25, -0.2) is 4.21 Å². The zero-order valence-electron chi connectivity index (χ0n) is 8.25. The summed E-state index contributed by atoms with van der Waals surface area (Å²) < 4.78 is 15.8. The van der Waals surface area contributed by atoms with E-state index in [4.69, 9.17) is 15.4 Å². The number of hydrogen-bond donors (Lipinski definition) is 0. The van der Waals surface area contributed by atoms with Gasteiger partial charge in [0, 0.05) is 0 Å². The zero-order valence-corrected chi connectivity index (χ0v) is 9.83. The van der Waals surface area contributed by atoms with Gasteiger partial charge in [-0.2, -0.15) is 0 Å². The van der Waals surface area contributed by atoms with Crippen LogP contribution in [-0.2, 0) is 19.5 Å². The summed E-state index contributed by atoms with van der Waals surface area (Å²) in [5.74, 6) is -0.0347. The minimum atomic E-state index is -1.45. The smallest absolute Gasteiger partial charge is 0.312 e. The molecule has 0 aromatic carbocycles. The summed E-state index contributed by atoms with van der Waals surface area (Å²) in [6.45, 7) is 0. The van der Waals surface area contributed by atoms with E-state index < -0.39 is 15.4 Å². The summed E-state index contributed by atoms with van der Waals surface area (Å²) in [5.41, 5.74) is -0.584. The van der Waals surface area contributed by atoms with Crippen molar-refractivity contribution < 1.29 is 13.7 Å². The normalized spacial score (nSPS) is 22.7. The molecule has 0 amide bonds. The third-order valence-electron chi connectivity index (χ3n) is 2.82. The fourth-order valence-electron chi connectivity index (χ4n) is 2.07. The summed E-state index contributed by atoms with van der Waals surface area (Å²) in [5, 5.41) is 0. The Morgan fingerprint density at radius 2 is 2.00 bits per heavy atom. The Labute approximate surface area is 91.1 Å². The maximum atomic E-state index is 11.6. The van der Waals surface area contributed by atoms with Crippen LogP contribution in [0.2, 0.25) is 0 Å². The predicted molar refractivity (Wildman–Crippen MR) is 56.4 cm³/mol. The maximum Gasteiger partial charge on any atom is 0.312 e. The number of methoxy groups -OCH3 is 1. The van der Waals surface area contributed by atoms with E-state index in [1.807, 2.05) is 0 Å². The molecule has 1 atom stereocenters. The van der Waals surface area contributed by atoms with Gasteiger partial charge in [-0.15, -0.1) is 0 Å². The molecule has 1 unspecified atom stereocenters. The van der Waals surface area contributed by atoms with Crippen molar-refractivity contribution in [3.63, 3.8) is 0 Å². The lowest BCUT2D eigenvalue weighted by atomic mass is 9.75. The summed E-state index contributed by atoms with van der Waals surface area (Å²) in [6, 6.07) is 0. The first-order valence-corrected chi connectivity index (χ1v) is 6.88. The Morgan fingerprint density at radius 3 is 2.43 bits per heavy atom. The van der Waals surface area contributed by atoms with Gasteiger partial charge in [-0.05, 0) is 23.5 Å². The van der Waals surface area contributed by atoms with Crippen molar-refractivity contribution in [3.05, 3.63) is 0 Å². The number of carbonyl (C=O) groups is 1. The molecule has 0 aromatic heterocycles. The van der Waals surface area contributed by atoms with Crippen molar-refractivity contribution in [2.45, 2.75) is 32.1 Å². The molecule has 0 aliphatic heterocycles. The van der Waals surface area contributed by atoms with Crippen LogP contribution in [0.25, 0.3) is 0 Å². The van der Waals surface area contributed by atoms with E-state index >= 15 is 0 Å². The Morgan fingerprint density at radius 1 is 1.43 bits per heavy atom. The van der Waals surface area contributed by atoms with Crippen molar-refractivity contribution in [2.24, 2.45) is 5.41 Å². The van der Waals surface area contributed by atoms with Crippen molar-refractivity contribution in [3.8, 4) is 0 Å². The molecule has 0 bridgehead atoms. The lowest BCUT2D eigenvalue weighted by molar-refractivity contribution is -0.153. The molecule has 0 aromatic rings. The van der Waals surface area contributed by atoms with E-state index in [0.29, 0.717) is 0 Å². The first kappa shape index (κ1) is 12.0. The van der Waals surface area contributed by atoms with Crippen LogP contribution in [0, 0.1) is 5.41 Å². The SMILES string of the molecule is COC(=O)C1(CS(=O)Cl)CCCCC1. The highest BCUT2D eigenvalue weighted by Crippen LogP contribution is 2.38. The number of esters is 1. The van der Waals surface area contributed by atoms with Crippen LogP contribution < -0.4 is 0 Å². The second kappa shape index (κ2) is 5.12. The fraction of sp³-hybridized carbons (Fsp3) is 0.889. The van der Waals surface area contributed by atoms with E-state index in [9.17, 15) is 9.00 Å². The van der Waals surface area contributed by atoms with Crippen LogP contribution in [0.1, 0.15) is 32.1 Å². The van der Waals surface area contributed by atoms with Crippen molar-refractivity contribution in [2.75, 3.05) is 12.9 Å². The zero-order chi connectivity index (χ0) is 10.6. The highest BCUT2D eigenvalue weighted by molar-refractivity contribution is 8.08. The molecule has 0 radical (unpaired) electrons. The molecule has 14 heavy (non-hydrogen) atoms. The quantitative estimate of drug-likeness (QED) is 0.558. The predicted octanol–water partition coefficient (Wildman–Crippen LogP) is 2.01. The fourth-order valence-corrected chi connectivity index (χ4v) is 3.54. The van der Waals surface area contributed by atoms with Gasteiger partial charge in [-0.1, -0.05) is 19.3 Å². The second-order valence-electron chi connectivity index (χ2n) is 3.77. The molecule has 1 aliphatic carbocycles. The van der Waals surface area contributed by atoms with Gasteiger partial charge in [-0.3, -0.25) is 4.79 Å². The molecule has 1 saturated carbocycles. The number of carbonyl (C=O) groups excluding carboxylic acids is 1. The van der Waals surface area contributed by atoms with E-state index in [-0.39, 0.29) is 11.7 Å².